The van der Waals surface area contributed by atoms with Gasteiger partial charge in [0.2, 0.25) is 0 Å². The minimum Gasteiger partial charge on any atom is -0.412 e. The normalized spacial score (nSPS) is 39.7. The highest BCUT2D eigenvalue weighted by atomic mass is 32.2. The average Bonchev–Trinajstić information content (AvgIpc) is 3.58. The van der Waals surface area contributed by atoms with Crippen molar-refractivity contribution in [1.29, 1.82) is 0 Å². The lowest BCUT2D eigenvalue weighted by atomic mass is 9.75. The first-order valence-electron chi connectivity index (χ1n) is 15.4. The predicted octanol–water partition coefficient (Wildman–Crippen LogP) is 1.99. The Morgan fingerprint density at radius 3 is 2.46 bits per heavy atom. The molecule has 11 nitrogen and oxygen atoms in total. The molecule has 4 heterocycles. The van der Waals surface area contributed by atoms with Gasteiger partial charge in [-0.1, -0.05) is 6.92 Å². The number of hydrogen-bond donors (Lipinski definition) is 3. The van der Waals surface area contributed by atoms with Crippen LogP contribution in [-0.2, 0) is 18.9 Å². The third-order valence-electron chi connectivity index (χ3n) is 9.62. The number of rotatable bonds is 6. The Kier molecular flexibility index (Phi) is 19.0. The van der Waals surface area contributed by atoms with Crippen molar-refractivity contribution in [3.63, 3.8) is 0 Å². The molecule has 10 atom stereocenters. The van der Waals surface area contributed by atoms with Gasteiger partial charge in [0.05, 0.1) is 18.8 Å². The smallest absolute Gasteiger partial charge is 0.146 e. The summed E-state index contributed by atoms with van der Waals surface area (Å²) in [6.45, 7) is 13.8. The van der Waals surface area contributed by atoms with E-state index < -0.39 is 0 Å². The van der Waals surface area contributed by atoms with Gasteiger partial charge in [-0.15, -0.1) is 11.8 Å². The van der Waals surface area contributed by atoms with Crippen LogP contribution in [-0.4, -0.2) is 108 Å². The Balaban J connectivity index is 0.000000411. The summed E-state index contributed by atoms with van der Waals surface area (Å²) in [5.74, 6) is 3.83. The molecule has 9 N–H and O–H groups in total. The van der Waals surface area contributed by atoms with E-state index in [9.17, 15) is 0 Å². The molecule has 0 aromatic heterocycles. The van der Waals surface area contributed by atoms with Crippen LogP contribution in [0.1, 0.15) is 79.1 Å². The number of nitrogens with one attached hydrogen (secondary N) is 2. The monoisotopic (exact) mass is 611 g/mol. The predicted molar refractivity (Wildman–Crippen MR) is 163 cm³/mol. The fraction of sp³-hybridized carbons (Fsp3) is 1.00. The highest BCUT2D eigenvalue weighted by Gasteiger charge is 2.46. The zero-order valence-corrected chi connectivity index (χ0v) is 26.6. The summed E-state index contributed by atoms with van der Waals surface area (Å²) < 4.78 is 23.0. The number of thioether (sulfide) groups is 1. The maximum absolute atomic E-state index is 8.92. The molecule has 5 aliphatic rings. The van der Waals surface area contributed by atoms with E-state index in [1.165, 1.54) is 38.0 Å². The Bertz CT molecular complexity index is 676. The van der Waals surface area contributed by atoms with E-state index in [-0.39, 0.29) is 16.4 Å². The molecule has 0 spiro atoms. The zero-order valence-electron chi connectivity index (χ0n) is 25.8. The molecule has 5 fully saturated rings. The fourth-order valence-corrected chi connectivity index (χ4v) is 8.81. The molecule has 0 radical (unpaired) electrons. The second kappa shape index (κ2) is 20.0. The van der Waals surface area contributed by atoms with E-state index in [0.717, 1.165) is 52.1 Å². The summed E-state index contributed by atoms with van der Waals surface area (Å²) in [6, 6.07) is 1.40. The minimum absolute atomic E-state index is 0. The second-order valence-corrected chi connectivity index (χ2v) is 13.4. The molecule has 41 heavy (non-hydrogen) atoms. The van der Waals surface area contributed by atoms with Crippen molar-refractivity contribution in [2.75, 3.05) is 45.5 Å². The lowest BCUT2D eigenvalue weighted by Gasteiger charge is -2.49. The molecule has 4 aliphatic heterocycles. The van der Waals surface area contributed by atoms with Gasteiger partial charge in [-0.05, 0) is 89.9 Å². The van der Waals surface area contributed by atoms with E-state index in [0.29, 0.717) is 66.3 Å². The first-order chi connectivity index (χ1) is 18.5. The fourth-order valence-electron chi connectivity index (χ4n) is 7.52. The summed E-state index contributed by atoms with van der Waals surface area (Å²) in [4.78, 5) is 2.71. The standard InChI is InChI=1S/C17H32N2O3S.C12H23NO2.3H2O/c1-3-20-11-15-13(2)18-17-19(7-10-23-17)16(15)14-5-4-8-21-12-22-9-6-14;1-8-7-10(13-14)4-5-11(8)12-6-3-9(2)15-12;;;/h13-18H,3-12H2,1-2H3;8-14H,3-7H2,1-2H3;3*1H2. The maximum atomic E-state index is 8.92. The zero-order chi connectivity index (χ0) is 26.9. The van der Waals surface area contributed by atoms with E-state index in [2.05, 4.69) is 55.2 Å². The summed E-state index contributed by atoms with van der Waals surface area (Å²) in [6.07, 6.45) is 10.2. The van der Waals surface area contributed by atoms with E-state index in [4.69, 9.17) is 24.2 Å². The Morgan fingerprint density at radius 1 is 1.00 bits per heavy atom. The second-order valence-electron chi connectivity index (χ2n) is 12.2. The largest absolute Gasteiger partial charge is 0.412 e. The van der Waals surface area contributed by atoms with Crippen molar-refractivity contribution >= 4 is 11.8 Å². The lowest BCUT2D eigenvalue weighted by molar-refractivity contribution is -0.0561. The van der Waals surface area contributed by atoms with Gasteiger partial charge in [-0.3, -0.25) is 10.2 Å². The minimum atomic E-state index is 0. The molecular weight excluding hydrogens is 550 g/mol. The summed E-state index contributed by atoms with van der Waals surface area (Å²) >= 11 is 2.06. The molecule has 10 unspecified atom stereocenters. The van der Waals surface area contributed by atoms with Crippen LogP contribution >= 0.6 is 11.8 Å². The Labute approximate surface area is 252 Å². The van der Waals surface area contributed by atoms with Crippen molar-refractivity contribution in [2.24, 2.45) is 23.7 Å². The van der Waals surface area contributed by atoms with Crippen LogP contribution in [0.4, 0.5) is 0 Å². The average molecular weight is 612 g/mol. The van der Waals surface area contributed by atoms with Crippen LogP contribution in [0.5, 0.6) is 0 Å². The molecule has 1 saturated carbocycles. The third kappa shape index (κ3) is 10.8. The van der Waals surface area contributed by atoms with Crippen molar-refractivity contribution in [3.05, 3.63) is 0 Å². The van der Waals surface area contributed by atoms with Gasteiger partial charge in [0.1, 0.15) is 12.3 Å². The number of nitrogens with zero attached hydrogens (tertiary/aromatic N) is 1. The lowest BCUT2D eigenvalue weighted by Crippen LogP contribution is -2.64. The molecule has 0 aromatic carbocycles. The number of hydroxylamine groups is 1. The molecule has 1 aliphatic carbocycles. The molecule has 246 valence electrons. The first kappa shape index (κ1) is 38.9. The van der Waals surface area contributed by atoms with Gasteiger partial charge in [0.25, 0.3) is 0 Å². The molecule has 0 amide bonds. The molecule has 5 rings (SSSR count). The van der Waals surface area contributed by atoms with Crippen LogP contribution in [0.2, 0.25) is 0 Å². The highest BCUT2D eigenvalue weighted by molar-refractivity contribution is 8.00. The van der Waals surface area contributed by atoms with Gasteiger partial charge in [-0.2, -0.15) is 0 Å². The number of fused-ring (bicyclic) bond motifs is 1. The van der Waals surface area contributed by atoms with Gasteiger partial charge in [0.15, 0.2) is 0 Å². The summed E-state index contributed by atoms with van der Waals surface area (Å²) in [5, 5.41) is 12.7. The number of hydrogen-bond acceptors (Lipinski definition) is 9. The third-order valence-corrected chi connectivity index (χ3v) is 10.8. The van der Waals surface area contributed by atoms with E-state index >= 15 is 0 Å². The maximum Gasteiger partial charge on any atom is 0.146 e. The van der Waals surface area contributed by atoms with Gasteiger partial charge >= 0.3 is 0 Å². The quantitative estimate of drug-likeness (QED) is 0.379. The van der Waals surface area contributed by atoms with Crippen LogP contribution in [0.3, 0.4) is 0 Å². The molecule has 12 heteroatoms. The van der Waals surface area contributed by atoms with Gasteiger partial charge in [-0.25, -0.2) is 5.48 Å². The van der Waals surface area contributed by atoms with Crippen LogP contribution < -0.4 is 10.8 Å². The van der Waals surface area contributed by atoms with Crippen LogP contribution in [0, 0.1) is 23.7 Å². The topological polar surface area (TPSA) is 179 Å². The molecular formula is C29H61N3O8S. The highest BCUT2D eigenvalue weighted by Crippen LogP contribution is 2.40. The molecule has 0 aromatic rings. The van der Waals surface area contributed by atoms with Crippen LogP contribution in [0.25, 0.3) is 0 Å². The Morgan fingerprint density at radius 2 is 1.78 bits per heavy atom. The van der Waals surface area contributed by atoms with Crippen molar-refractivity contribution in [1.82, 2.24) is 15.7 Å². The van der Waals surface area contributed by atoms with Crippen molar-refractivity contribution in [3.8, 4) is 0 Å². The number of ether oxygens (including phenoxy) is 4. The SMILES string of the molecule is CC1CCC(C2CCC(NO)CC2C)O1.CCOCC1C(C)NC2SCCN2C1C1CCCOCOCC1.O.O.O. The molecule has 0 bridgehead atoms. The van der Waals surface area contributed by atoms with Gasteiger partial charge < -0.3 is 40.6 Å². The molecule has 4 saturated heterocycles. The summed E-state index contributed by atoms with van der Waals surface area (Å²) in [7, 11) is 0. The Hall–Kier alpha value is -0.0900. The summed E-state index contributed by atoms with van der Waals surface area (Å²) in [5.41, 5.74) is 2.90. The van der Waals surface area contributed by atoms with E-state index in [1.807, 2.05) is 0 Å². The van der Waals surface area contributed by atoms with Crippen molar-refractivity contribution < 1.29 is 40.6 Å². The van der Waals surface area contributed by atoms with Gasteiger partial charge in [0, 0.05) is 56.2 Å². The first-order valence-corrected chi connectivity index (χ1v) is 16.5. The van der Waals surface area contributed by atoms with E-state index in [1.54, 1.807) is 0 Å². The van der Waals surface area contributed by atoms with Crippen molar-refractivity contribution in [2.45, 2.75) is 115 Å². The van der Waals surface area contributed by atoms with Crippen LogP contribution in [0.15, 0.2) is 0 Å².